The highest BCUT2D eigenvalue weighted by Gasteiger charge is 2.16. The molecule has 0 fully saturated rings. The van der Waals surface area contributed by atoms with E-state index in [4.69, 9.17) is 0 Å². The first kappa shape index (κ1) is 15.6. The van der Waals surface area contributed by atoms with E-state index < -0.39 is 0 Å². The molecule has 2 aromatic carbocycles. The number of fused-ring (bicyclic) bond motifs is 2. The number of nitrogens with one attached hydrogen (secondary N) is 1. The Hall–Kier alpha value is -2.88. The third-order valence-electron chi connectivity index (χ3n) is 4.67. The summed E-state index contributed by atoms with van der Waals surface area (Å²) in [5.74, 6) is 0.651. The van der Waals surface area contributed by atoms with Gasteiger partial charge in [-0.05, 0) is 60.2 Å². The van der Waals surface area contributed by atoms with Crippen LogP contribution in [-0.4, -0.2) is 15.0 Å². The van der Waals surface area contributed by atoms with Gasteiger partial charge < -0.3 is 5.32 Å². The van der Waals surface area contributed by atoms with Crippen LogP contribution in [0.4, 0.5) is 0 Å². The molecular formula is C21H22N4. The largest absolute Gasteiger partial charge is 0.362 e. The first-order chi connectivity index (χ1) is 12.1. The lowest BCUT2D eigenvalue weighted by molar-refractivity contribution is 0.585. The van der Waals surface area contributed by atoms with Crippen LogP contribution >= 0.6 is 0 Å². The van der Waals surface area contributed by atoms with Crippen molar-refractivity contribution >= 4 is 22.8 Å². The molecule has 25 heavy (non-hydrogen) atoms. The summed E-state index contributed by atoms with van der Waals surface area (Å²) in [7, 11) is 0. The summed E-state index contributed by atoms with van der Waals surface area (Å²) in [5.41, 5.74) is 7.59. The highest BCUT2D eigenvalue weighted by molar-refractivity contribution is 5.80. The number of rotatable bonds is 4. The molecule has 0 aliphatic carbocycles. The Balaban J connectivity index is 1.90. The van der Waals surface area contributed by atoms with E-state index in [0.717, 1.165) is 46.4 Å². The summed E-state index contributed by atoms with van der Waals surface area (Å²) in [6.07, 6.45) is 6.15. The first-order valence-electron chi connectivity index (χ1n) is 8.73. The van der Waals surface area contributed by atoms with Crippen molar-refractivity contribution in [2.75, 3.05) is 0 Å². The van der Waals surface area contributed by atoms with Crippen LogP contribution in [0.5, 0.6) is 0 Å². The molecule has 0 spiro atoms. The second-order valence-electron chi connectivity index (χ2n) is 6.95. The van der Waals surface area contributed by atoms with Gasteiger partial charge in [-0.15, -0.1) is 5.10 Å². The monoisotopic (exact) mass is 330 g/mol. The van der Waals surface area contributed by atoms with E-state index in [9.17, 15) is 0 Å². The summed E-state index contributed by atoms with van der Waals surface area (Å²) in [6, 6.07) is 12.5. The molecule has 1 aliphatic rings. The lowest BCUT2D eigenvalue weighted by Gasteiger charge is -2.20. The van der Waals surface area contributed by atoms with Gasteiger partial charge in [-0.3, -0.25) is 0 Å². The SMILES string of the molecule is C=C1NC=Cc2cc(-n3nnc4ccccc43)c(CCC(C)C)cc21. The Kier molecular flexibility index (Phi) is 3.88. The maximum atomic E-state index is 4.43. The molecule has 0 amide bonds. The van der Waals surface area contributed by atoms with Gasteiger partial charge >= 0.3 is 0 Å². The van der Waals surface area contributed by atoms with Crippen LogP contribution in [0.2, 0.25) is 0 Å². The Morgan fingerprint density at radius 2 is 2.04 bits per heavy atom. The topological polar surface area (TPSA) is 42.7 Å². The van der Waals surface area contributed by atoms with E-state index in [2.05, 4.69) is 60.3 Å². The Morgan fingerprint density at radius 3 is 2.88 bits per heavy atom. The summed E-state index contributed by atoms with van der Waals surface area (Å²) < 4.78 is 1.96. The summed E-state index contributed by atoms with van der Waals surface area (Å²) >= 11 is 0. The van der Waals surface area contributed by atoms with Crippen molar-refractivity contribution in [1.29, 1.82) is 0 Å². The second-order valence-corrected chi connectivity index (χ2v) is 6.95. The molecule has 1 aromatic heterocycles. The number of hydrogen-bond acceptors (Lipinski definition) is 3. The van der Waals surface area contributed by atoms with Crippen molar-refractivity contribution in [2.24, 2.45) is 5.92 Å². The van der Waals surface area contributed by atoms with Crippen molar-refractivity contribution in [3.8, 4) is 5.69 Å². The highest BCUT2D eigenvalue weighted by Crippen LogP contribution is 2.30. The minimum Gasteiger partial charge on any atom is -0.362 e. The third-order valence-corrected chi connectivity index (χ3v) is 4.67. The number of hydrogen-bond donors (Lipinski definition) is 1. The van der Waals surface area contributed by atoms with E-state index in [0.29, 0.717) is 5.92 Å². The molecule has 0 atom stereocenters. The molecule has 0 radical (unpaired) electrons. The first-order valence-corrected chi connectivity index (χ1v) is 8.73. The third kappa shape index (κ3) is 2.84. The smallest absolute Gasteiger partial charge is 0.113 e. The maximum Gasteiger partial charge on any atom is 0.113 e. The molecule has 126 valence electrons. The molecular weight excluding hydrogens is 308 g/mol. The van der Waals surface area contributed by atoms with Gasteiger partial charge in [0.2, 0.25) is 0 Å². The summed E-state index contributed by atoms with van der Waals surface area (Å²) in [6.45, 7) is 8.65. The number of aromatic nitrogens is 3. The van der Waals surface area contributed by atoms with Crippen molar-refractivity contribution < 1.29 is 0 Å². The van der Waals surface area contributed by atoms with Gasteiger partial charge in [0.1, 0.15) is 5.52 Å². The van der Waals surface area contributed by atoms with E-state index >= 15 is 0 Å². The van der Waals surface area contributed by atoms with E-state index in [1.165, 1.54) is 5.56 Å². The lowest BCUT2D eigenvalue weighted by atomic mass is 9.94. The molecule has 0 unspecified atom stereocenters. The van der Waals surface area contributed by atoms with Gasteiger partial charge in [-0.2, -0.15) is 0 Å². The summed E-state index contributed by atoms with van der Waals surface area (Å²) in [4.78, 5) is 0. The second kappa shape index (κ2) is 6.20. The Bertz CT molecular complexity index is 979. The number of nitrogens with zero attached hydrogens (tertiary/aromatic N) is 3. The molecule has 0 saturated heterocycles. The number of para-hydroxylation sites is 1. The van der Waals surface area contributed by atoms with Crippen molar-refractivity contribution in [3.63, 3.8) is 0 Å². The zero-order valence-corrected chi connectivity index (χ0v) is 14.7. The van der Waals surface area contributed by atoms with Crippen molar-refractivity contribution in [3.05, 3.63) is 65.9 Å². The predicted octanol–water partition coefficient (Wildman–Crippen LogP) is 4.55. The van der Waals surface area contributed by atoms with Gasteiger partial charge in [-0.25, -0.2) is 4.68 Å². The average Bonchev–Trinajstić information content (AvgIpc) is 3.03. The average molecular weight is 330 g/mol. The molecule has 0 bridgehead atoms. The van der Waals surface area contributed by atoms with E-state index in [1.54, 1.807) is 0 Å². The van der Waals surface area contributed by atoms with Gasteiger partial charge in [0.15, 0.2) is 0 Å². The number of aryl methyl sites for hydroxylation is 1. The summed E-state index contributed by atoms with van der Waals surface area (Å²) in [5, 5.41) is 12.0. The molecule has 3 aromatic rings. The zero-order chi connectivity index (χ0) is 17.4. The fourth-order valence-electron chi connectivity index (χ4n) is 3.25. The van der Waals surface area contributed by atoms with Crippen molar-refractivity contribution in [1.82, 2.24) is 20.3 Å². The van der Waals surface area contributed by atoms with Crippen LogP contribution in [0.25, 0.3) is 28.5 Å². The van der Waals surface area contributed by atoms with Crippen molar-refractivity contribution in [2.45, 2.75) is 26.7 Å². The lowest BCUT2D eigenvalue weighted by Crippen LogP contribution is -2.11. The van der Waals surface area contributed by atoms with Crippen LogP contribution in [0.3, 0.4) is 0 Å². The van der Waals surface area contributed by atoms with Crippen LogP contribution in [0.1, 0.15) is 37.0 Å². The zero-order valence-electron chi connectivity index (χ0n) is 14.7. The minimum atomic E-state index is 0.651. The highest BCUT2D eigenvalue weighted by atomic mass is 15.4. The molecule has 1 aliphatic heterocycles. The van der Waals surface area contributed by atoms with Gasteiger partial charge in [0.05, 0.1) is 11.2 Å². The molecule has 4 nitrogen and oxygen atoms in total. The van der Waals surface area contributed by atoms with Crippen LogP contribution < -0.4 is 5.32 Å². The Morgan fingerprint density at radius 1 is 1.20 bits per heavy atom. The minimum absolute atomic E-state index is 0.651. The molecule has 0 saturated carbocycles. The van der Waals surface area contributed by atoms with Gasteiger partial charge in [-0.1, -0.05) is 37.8 Å². The fourth-order valence-corrected chi connectivity index (χ4v) is 3.25. The molecule has 2 heterocycles. The standard InChI is InChI=1S/C21H22N4/c1-14(2)8-9-17-12-18-15(3)22-11-10-16(18)13-21(17)25-20-7-5-4-6-19(20)23-24-25/h4-7,10-14,22H,3,8-9H2,1-2H3. The molecule has 4 heteroatoms. The molecule has 1 N–H and O–H groups in total. The van der Waals surface area contributed by atoms with Crippen LogP contribution in [0, 0.1) is 5.92 Å². The van der Waals surface area contributed by atoms with E-state index in [1.807, 2.05) is 29.1 Å². The normalized spacial score (nSPS) is 13.3. The van der Waals surface area contributed by atoms with Gasteiger partial charge in [0, 0.05) is 17.5 Å². The maximum absolute atomic E-state index is 4.43. The number of benzene rings is 2. The van der Waals surface area contributed by atoms with Crippen LogP contribution in [0.15, 0.2) is 49.2 Å². The molecule has 4 rings (SSSR count). The van der Waals surface area contributed by atoms with Gasteiger partial charge in [0.25, 0.3) is 0 Å². The quantitative estimate of drug-likeness (QED) is 0.763. The van der Waals surface area contributed by atoms with Crippen LogP contribution in [-0.2, 0) is 6.42 Å². The predicted molar refractivity (Wildman–Crippen MR) is 103 cm³/mol. The fraction of sp³-hybridized carbons (Fsp3) is 0.238. The Labute approximate surface area is 147 Å². The van der Waals surface area contributed by atoms with E-state index in [-0.39, 0.29) is 0 Å².